The van der Waals surface area contributed by atoms with Crippen molar-refractivity contribution in [1.82, 2.24) is 5.32 Å². The van der Waals surface area contributed by atoms with E-state index in [1.807, 2.05) is 0 Å². The smallest absolute Gasteiger partial charge is 0.240 e. The van der Waals surface area contributed by atoms with Crippen molar-refractivity contribution in [3.05, 3.63) is 12.5 Å². The number of piperidine rings is 1. The number of hydrogen-bond donors (Lipinski definition) is 1. The fourth-order valence-electron chi connectivity index (χ4n) is 1.64. The van der Waals surface area contributed by atoms with Crippen LogP contribution in [0.5, 0.6) is 0 Å². The molecule has 1 unspecified atom stereocenters. The quantitative estimate of drug-likeness (QED) is 0.687. The minimum atomic E-state index is -0.139. The lowest BCUT2D eigenvalue weighted by Crippen LogP contribution is -2.36. The highest BCUT2D eigenvalue weighted by atomic mass is 16.7. The number of carbonyl (C=O) groups is 1. The third-order valence-electron chi connectivity index (χ3n) is 2.41. The zero-order valence-electron chi connectivity index (χ0n) is 7.36. The predicted octanol–water partition coefficient (Wildman–Crippen LogP) is 0.747. The molecule has 2 aliphatic rings. The van der Waals surface area contributed by atoms with Crippen LogP contribution in [0.2, 0.25) is 0 Å². The van der Waals surface area contributed by atoms with Crippen molar-refractivity contribution >= 4 is 5.91 Å². The summed E-state index contributed by atoms with van der Waals surface area (Å²) < 4.78 is 10.3. The van der Waals surface area contributed by atoms with Gasteiger partial charge in [0.15, 0.2) is 0 Å². The van der Waals surface area contributed by atoms with Crippen LogP contribution >= 0.6 is 0 Å². The van der Waals surface area contributed by atoms with Gasteiger partial charge in [0.25, 0.3) is 0 Å². The number of amides is 1. The summed E-state index contributed by atoms with van der Waals surface area (Å²) in [5.74, 6) is 0.644. The van der Waals surface area contributed by atoms with Crippen LogP contribution < -0.4 is 5.32 Å². The second-order valence-corrected chi connectivity index (χ2v) is 3.42. The van der Waals surface area contributed by atoms with E-state index < -0.39 is 0 Å². The lowest BCUT2D eigenvalue weighted by molar-refractivity contribution is -0.123. The van der Waals surface area contributed by atoms with Gasteiger partial charge in [-0.25, -0.2) is 0 Å². The molecule has 1 saturated heterocycles. The summed E-state index contributed by atoms with van der Waals surface area (Å²) in [6, 6.07) is 0. The largest absolute Gasteiger partial charge is 0.459 e. The summed E-state index contributed by atoms with van der Waals surface area (Å²) in [4.78, 5) is 10.9. The van der Waals surface area contributed by atoms with Gasteiger partial charge < -0.3 is 14.8 Å². The Balaban J connectivity index is 1.73. The molecular formula is C9H13NO3. The second kappa shape index (κ2) is 3.68. The van der Waals surface area contributed by atoms with Crippen LogP contribution in [0.25, 0.3) is 0 Å². The maximum Gasteiger partial charge on any atom is 0.240 e. The summed E-state index contributed by atoms with van der Waals surface area (Å²) in [6.07, 6.45) is 5.41. The van der Waals surface area contributed by atoms with Gasteiger partial charge in [-0.1, -0.05) is 0 Å². The number of hydrogen-bond acceptors (Lipinski definition) is 3. The Kier molecular flexibility index (Phi) is 2.38. The fraction of sp³-hybridized carbons (Fsp3) is 0.667. The Morgan fingerprint density at radius 3 is 2.85 bits per heavy atom. The first-order valence-electron chi connectivity index (χ1n) is 4.57. The molecule has 1 fully saturated rings. The third kappa shape index (κ3) is 2.14. The first kappa shape index (κ1) is 8.41. The Morgan fingerprint density at radius 2 is 2.23 bits per heavy atom. The molecule has 0 aromatic carbocycles. The van der Waals surface area contributed by atoms with Crippen molar-refractivity contribution in [2.75, 3.05) is 6.54 Å². The molecule has 4 nitrogen and oxygen atoms in total. The lowest BCUT2D eigenvalue weighted by atomic mass is 9.96. The molecule has 2 heterocycles. The van der Waals surface area contributed by atoms with Gasteiger partial charge in [0, 0.05) is 19.4 Å². The number of carbonyl (C=O) groups excluding carboxylic acids is 1. The van der Waals surface area contributed by atoms with Crippen LogP contribution in [0, 0.1) is 5.92 Å². The van der Waals surface area contributed by atoms with Crippen molar-refractivity contribution < 1.29 is 14.3 Å². The monoisotopic (exact) mass is 183 g/mol. The Bertz CT molecular complexity index is 209. The SMILES string of the molecule is O=C1CCC(CC2OC=CO2)CN1. The zero-order chi connectivity index (χ0) is 9.10. The molecule has 1 N–H and O–H groups in total. The van der Waals surface area contributed by atoms with E-state index in [2.05, 4.69) is 5.32 Å². The highest BCUT2D eigenvalue weighted by Gasteiger charge is 2.23. The topological polar surface area (TPSA) is 47.6 Å². The molecule has 72 valence electrons. The third-order valence-corrected chi connectivity index (χ3v) is 2.41. The van der Waals surface area contributed by atoms with Crippen LogP contribution in [0.1, 0.15) is 19.3 Å². The summed E-state index contributed by atoms with van der Waals surface area (Å²) in [7, 11) is 0. The van der Waals surface area contributed by atoms with Crippen LogP contribution in [-0.2, 0) is 14.3 Å². The van der Waals surface area contributed by atoms with E-state index in [0.29, 0.717) is 12.3 Å². The summed E-state index contributed by atoms with van der Waals surface area (Å²) in [6.45, 7) is 0.752. The molecule has 0 spiro atoms. The molecule has 0 aromatic rings. The van der Waals surface area contributed by atoms with Gasteiger partial charge in [-0.05, 0) is 12.3 Å². The second-order valence-electron chi connectivity index (χ2n) is 3.42. The average Bonchev–Trinajstić information content (AvgIpc) is 2.62. The minimum absolute atomic E-state index is 0.139. The van der Waals surface area contributed by atoms with Crippen molar-refractivity contribution in [1.29, 1.82) is 0 Å². The van der Waals surface area contributed by atoms with E-state index in [9.17, 15) is 4.79 Å². The van der Waals surface area contributed by atoms with Gasteiger partial charge >= 0.3 is 0 Å². The van der Waals surface area contributed by atoms with Crippen LogP contribution in [-0.4, -0.2) is 18.7 Å². The summed E-state index contributed by atoms with van der Waals surface area (Å²) in [5, 5.41) is 2.84. The van der Waals surface area contributed by atoms with E-state index in [-0.39, 0.29) is 12.2 Å². The van der Waals surface area contributed by atoms with Gasteiger partial charge in [-0.2, -0.15) is 0 Å². The van der Waals surface area contributed by atoms with Gasteiger partial charge in [0.2, 0.25) is 12.2 Å². The standard InChI is InChI=1S/C9H13NO3/c11-8-2-1-7(6-10-8)5-9-12-3-4-13-9/h3-4,7,9H,1-2,5-6H2,(H,10,11). The fourth-order valence-corrected chi connectivity index (χ4v) is 1.64. The van der Waals surface area contributed by atoms with E-state index in [1.54, 1.807) is 12.5 Å². The first-order chi connectivity index (χ1) is 6.34. The molecule has 4 heteroatoms. The zero-order valence-corrected chi connectivity index (χ0v) is 7.36. The van der Waals surface area contributed by atoms with Gasteiger partial charge in [0.05, 0.1) is 0 Å². The molecule has 2 rings (SSSR count). The highest BCUT2D eigenvalue weighted by molar-refractivity contribution is 5.76. The van der Waals surface area contributed by atoms with Crippen LogP contribution in [0.4, 0.5) is 0 Å². The van der Waals surface area contributed by atoms with E-state index in [1.165, 1.54) is 0 Å². The normalized spacial score (nSPS) is 28.0. The molecule has 0 aliphatic carbocycles. The van der Waals surface area contributed by atoms with Crippen molar-refractivity contribution in [3.63, 3.8) is 0 Å². The van der Waals surface area contributed by atoms with Gasteiger partial charge in [-0.15, -0.1) is 0 Å². The summed E-state index contributed by atoms with van der Waals surface area (Å²) in [5.41, 5.74) is 0. The van der Waals surface area contributed by atoms with Crippen LogP contribution in [0.3, 0.4) is 0 Å². The molecule has 1 amide bonds. The Labute approximate surface area is 76.9 Å². The molecule has 0 radical (unpaired) electrons. The first-order valence-corrected chi connectivity index (χ1v) is 4.57. The molecule has 13 heavy (non-hydrogen) atoms. The number of ether oxygens (including phenoxy) is 2. The lowest BCUT2D eigenvalue weighted by Gasteiger charge is -2.23. The van der Waals surface area contributed by atoms with E-state index in [4.69, 9.17) is 9.47 Å². The Morgan fingerprint density at radius 1 is 1.46 bits per heavy atom. The van der Waals surface area contributed by atoms with E-state index in [0.717, 1.165) is 19.4 Å². The maximum absolute atomic E-state index is 10.9. The van der Waals surface area contributed by atoms with Gasteiger partial charge in [-0.3, -0.25) is 4.79 Å². The molecule has 1 atom stereocenters. The highest BCUT2D eigenvalue weighted by Crippen LogP contribution is 2.20. The predicted molar refractivity (Wildman–Crippen MR) is 45.4 cm³/mol. The number of rotatable bonds is 2. The molecule has 0 aromatic heterocycles. The maximum atomic E-state index is 10.9. The molecule has 0 saturated carbocycles. The van der Waals surface area contributed by atoms with E-state index >= 15 is 0 Å². The molecular weight excluding hydrogens is 170 g/mol. The molecule has 2 aliphatic heterocycles. The average molecular weight is 183 g/mol. The van der Waals surface area contributed by atoms with Crippen molar-refractivity contribution in [2.45, 2.75) is 25.6 Å². The van der Waals surface area contributed by atoms with Crippen LogP contribution in [0.15, 0.2) is 12.5 Å². The minimum Gasteiger partial charge on any atom is -0.459 e. The van der Waals surface area contributed by atoms with Crippen molar-refractivity contribution in [2.24, 2.45) is 5.92 Å². The molecule has 0 bridgehead atoms. The number of nitrogens with one attached hydrogen (secondary N) is 1. The Hall–Kier alpha value is -1.19. The van der Waals surface area contributed by atoms with Crippen molar-refractivity contribution in [3.8, 4) is 0 Å². The summed E-state index contributed by atoms with van der Waals surface area (Å²) >= 11 is 0. The van der Waals surface area contributed by atoms with Gasteiger partial charge in [0.1, 0.15) is 12.5 Å².